The van der Waals surface area contributed by atoms with Gasteiger partial charge in [0.25, 0.3) is 0 Å². The zero-order valence-electron chi connectivity index (χ0n) is 9.98. The van der Waals surface area contributed by atoms with Crippen molar-refractivity contribution in [2.75, 3.05) is 5.73 Å². The third-order valence-electron chi connectivity index (χ3n) is 2.50. The predicted molar refractivity (Wildman–Crippen MR) is 80.3 cm³/mol. The highest BCUT2D eigenvalue weighted by molar-refractivity contribution is 7.99. The highest BCUT2D eigenvalue weighted by Crippen LogP contribution is 2.28. The predicted octanol–water partition coefficient (Wildman–Crippen LogP) is 3.94. The van der Waals surface area contributed by atoms with Crippen LogP contribution in [0.3, 0.4) is 0 Å². The number of nitrogen functional groups attached to an aromatic ring is 1. The Kier molecular flexibility index (Phi) is 3.48. The van der Waals surface area contributed by atoms with Gasteiger partial charge in [-0.1, -0.05) is 6.07 Å². The Labute approximate surface area is 119 Å². The van der Waals surface area contributed by atoms with Gasteiger partial charge in [0, 0.05) is 16.8 Å². The average Bonchev–Trinajstić information content (AvgIpc) is 2.96. The van der Waals surface area contributed by atoms with E-state index in [-0.39, 0.29) is 0 Å². The van der Waals surface area contributed by atoms with Crippen molar-refractivity contribution in [2.45, 2.75) is 10.1 Å². The Balaban J connectivity index is 1.85. The lowest BCUT2D eigenvalue weighted by Crippen LogP contribution is -1.88. The third kappa shape index (κ3) is 2.94. The molecule has 0 bridgehead atoms. The molecule has 0 aliphatic rings. The molecule has 0 amide bonds. The number of anilines is 1. The number of nitrogens with two attached hydrogens (primary N) is 1. The molecule has 2 aromatic heterocycles. The molecule has 0 atom stereocenters. The van der Waals surface area contributed by atoms with E-state index in [1.807, 2.05) is 41.8 Å². The van der Waals surface area contributed by atoms with Crippen LogP contribution in [0.15, 0.2) is 64.1 Å². The molecule has 0 unspecified atom stereocenters. The first kappa shape index (κ1) is 12.2. The maximum Gasteiger partial charge on any atom is 0.192 e. The molecule has 0 aliphatic carbocycles. The van der Waals surface area contributed by atoms with Gasteiger partial charge in [-0.25, -0.2) is 9.97 Å². The molecule has 3 rings (SSSR count). The van der Waals surface area contributed by atoms with E-state index >= 15 is 0 Å². The van der Waals surface area contributed by atoms with Crippen LogP contribution >= 0.6 is 23.1 Å². The first-order chi connectivity index (χ1) is 9.31. The van der Waals surface area contributed by atoms with Crippen LogP contribution < -0.4 is 5.73 Å². The number of hydrogen-bond donors (Lipinski definition) is 1. The van der Waals surface area contributed by atoms with Gasteiger partial charge in [-0.3, -0.25) is 0 Å². The lowest BCUT2D eigenvalue weighted by Gasteiger charge is -2.02. The standard InChI is InChI=1S/C14H11N3S2/c15-10-3-5-11(6-4-10)19-14-16-8-7-12(17-14)13-2-1-9-18-13/h1-9H,15H2. The summed E-state index contributed by atoms with van der Waals surface area (Å²) >= 11 is 3.21. The van der Waals surface area contributed by atoms with E-state index in [1.54, 1.807) is 17.5 Å². The number of benzene rings is 1. The van der Waals surface area contributed by atoms with Gasteiger partial charge in [0.05, 0.1) is 10.6 Å². The van der Waals surface area contributed by atoms with Crippen molar-refractivity contribution in [3.8, 4) is 10.6 Å². The zero-order valence-corrected chi connectivity index (χ0v) is 11.6. The van der Waals surface area contributed by atoms with Gasteiger partial charge >= 0.3 is 0 Å². The monoisotopic (exact) mass is 285 g/mol. The summed E-state index contributed by atoms with van der Waals surface area (Å²) in [6, 6.07) is 13.7. The van der Waals surface area contributed by atoms with E-state index in [9.17, 15) is 0 Å². The molecule has 2 N–H and O–H groups in total. The van der Waals surface area contributed by atoms with Gasteiger partial charge in [0.15, 0.2) is 5.16 Å². The highest BCUT2D eigenvalue weighted by Gasteiger charge is 2.04. The second-order valence-electron chi connectivity index (χ2n) is 3.87. The number of nitrogens with zero attached hydrogens (tertiary/aromatic N) is 2. The number of hydrogen-bond acceptors (Lipinski definition) is 5. The first-order valence-corrected chi connectivity index (χ1v) is 7.41. The molecule has 19 heavy (non-hydrogen) atoms. The van der Waals surface area contributed by atoms with Gasteiger partial charge in [-0.05, 0) is 53.5 Å². The van der Waals surface area contributed by atoms with Crippen LogP contribution in [0.2, 0.25) is 0 Å². The minimum absolute atomic E-state index is 0.746. The number of aromatic nitrogens is 2. The van der Waals surface area contributed by atoms with Crippen LogP contribution in [-0.2, 0) is 0 Å². The zero-order chi connectivity index (χ0) is 13.1. The van der Waals surface area contributed by atoms with Gasteiger partial charge in [0.2, 0.25) is 0 Å². The summed E-state index contributed by atoms with van der Waals surface area (Å²) in [5.41, 5.74) is 7.39. The lowest BCUT2D eigenvalue weighted by molar-refractivity contribution is 0.974. The summed E-state index contributed by atoms with van der Waals surface area (Å²) in [5.74, 6) is 0. The molecule has 1 aromatic carbocycles. The molecule has 94 valence electrons. The molecule has 5 heteroatoms. The minimum atomic E-state index is 0.746. The summed E-state index contributed by atoms with van der Waals surface area (Å²) in [5, 5.41) is 2.79. The first-order valence-electron chi connectivity index (χ1n) is 5.71. The molecule has 0 fully saturated rings. The van der Waals surface area contributed by atoms with Crippen molar-refractivity contribution < 1.29 is 0 Å². The second-order valence-corrected chi connectivity index (χ2v) is 5.86. The summed E-state index contributed by atoms with van der Waals surface area (Å²) in [6.07, 6.45) is 1.79. The minimum Gasteiger partial charge on any atom is -0.399 e. The number of thiophene rings is 1. The highest BCUT2D eigenvalue weighted by atomic mass is 32.2. The molecule has 0 radical (unpaired) electrons. The molecular formula is C14H11N3S2. The van der Waals surface area contributed by atoms with Gasteiger partial charge in [-0.2, -0.15) is 0 Å². The van der Waals surface area contributed by atoms with Crippen molar-refractivity contribution in [1.29, 1.82) is 0 Å². The smallest absolute Gasteiger partial charge is 0.192 e. The maximum absolute atomic E-state index is 5.67. The topological polar surface area (TPSA) is 51.8 Å². The maximum atomic E-state index is 5.67. The van der Waals surface area contributed by atoms with Crippen LogP contribution in [0.4, 0.5) is 5.69 Å². The fourth-order valence-corrected chi connectivity index (χ4v) is 3.03. The fraction of sp³-hybridized carbons (Fsp3) is 0. The van der Waals surface area contributed by atoms with Crippen LogP contribution in [0.5, 0.6) is 0 Å². The molecule has 0 saturated heterocycles. The lowest BCUT2D eigenvalue weighted by atomic mass is 10.3. The molecule has 2 heterocycles. The largest absolute Gasteiger partial charge is 0.399 e. The summed E-state index contributed by atoms with van der Waals surface area (Å²) in [6.45, 7) is 0. The van der Waals surface area contributed by atoms with Crippen LogP contribution in [0.1, 0.15) is 0 Å². The number of rotatable bonds is 3. The van der Waals surface area contributed by atoms with Gasteiger partial charge in [-0.15, -0.1) is 11.3 Å². The summed E-state index contributed by atoms with van der Waals surface area (Å²) in [4.78, 5) is 11.1. The molecule has 0 aliphatic heterocycles. The van der Waals surface area contributed by atoms with Gasteiger partial charge < -0.3 is 5.73 Å². The Bertz CT molecular complexity index is 663. The SMILES string of the molecule is Nc1ccc(Sc2nccc(-c3cccs3)n2)cc1. The normalized spacial score (nSPS) is 10.5. The van der Waals surface area contributed by atoms with Crippen LogP contribution in [0.25, 0.3) is 10.6 Å². The van der Waals surface area contributed by atoms with E-state index in [0.29, 0.717) is 0 Å². The Morgan fingerprint density at radius 2 is 1.89 bits per heavy atom. The van der Waals surface area contributed by atoms with E-state index in [0.717, 1.165) is 26.3 Å². The van der Waals surface area contributed by atoms with Gasteiger partial charge in [0.1, 0.15) is 0 Å². The van der Waals surface area contributed by atoms with E-state index in [1.165, 1.54) is 11.8 Å². The van der Waals surface area contributed by atoms with Crippen molar-refractivity contribution >= 4 is 28.8 Å². The molecule has 0 spiro atoms. The fourth-order valence-electron chi connectivity index (χ4n) is 1.59. The van der Waals surface area contributed by atoms with E-state index < -0.39 is 0 Å². The molecule has 0 saturated carbocycles. The Morgan fingerprint density at radius 1 is 1.05 bits per heavy atom. The van der Waals surface area contributed by atoms with E-state index in [4.69, 9.17) is 5.73 Å². The van der Waals surface area contributed by atoms with Crippen molar-refractivity contribution in [3.05, 3.63) is 54.0 Å². The Hall–Kier alpha value is -1.85. The second kappa shape index (κ2) is 5.42. The van der Waals surface area contributed by atoms with Crippen molar-refractivity contribution in [3.63, 3.8) is 0 Å². The van der Waals surface area contributed by atoms with E-state index in [2.05, 4.69) is 16.0 Å². The summed E-state index contributed by atoms with van der Waals surface area (Å²) in [7, 11) is 0. The van der Waals surface area contributed by atoms with Crippen LogP contribution in [-0.4, -0.2) is 9.97 Å². The van der Waals surface area contributed by atoms with Crippen molar-refractivity contribution in [1.82, 2.24) is 9.97 Å². The molecular weight excluding hydrogens is 274 g/mol. The summed E-state index contributed by atoms with van der Waals surface area (Å²) < 4.78 is 0. The molecule has 3 nitrogen and oxygen atoms in total. The third-order valence-corrected chi connectivity index (χ3v) is 4.28. The quantitative estimate of drug-likeness (QED) is 0.585. The Morgan fingerprint density at radius 3 is 2.63 bits per heavy atom. The van der Waals surface area contributed by atoms with Crippen molar-refractivity contribution in [2.24, 2.45) is 0 Å². The average molecular weight is 285 g/mol. The molecule has 3 aromatic rings. The van der Waals surface area contributed by atoms with Crippen LogP contribution in [0, 0.1) is 0 Å².